The predicted molar refractivity (Wildman–Crippen MR) is 66.5 cm³/mol. The van der Waals surface area contributed by atoms with Crippen molar-refractivity contribution < 1.29 is 9.84 Å². The van der Waals surface area contributed by atoms with Crippen LogP contribution in [0.15, 0.2) is 0 Å². The maximum absolute atomic E-state index is 9.66. The number of ether oxygens (including phenoxy) is 1. The Balaban J connectivity index is 2.25. The van der Waals surface area contributed by atoms with Gasteiger partial charge in [0, 0.05) is 24.6 Å². The number of nitrogens with one attached hydrogen (secondary N) is 1. The Hall–Kier alpha value is -0.120. The molecule has 3 unspecified atom stereocenters. The third-order valence-electron chi connectivity index (χ3n) is 3.77. The molecule has 0 aromatic rings. The van der Waals surface area contributed by atoms with E-state index in [2.05, 4.69) is 26.1 Å². The van der Waals surface area contributed by atoms with E-state index in [1.807, 2.05) is 6.92 Å². The minimum Gasteiger partial charge on any atom is -0.392 e. The van der Waals surface area contributed by atoms with Gasteiger partial charge in [0.05, 0.1) is 12.2 Å². The molecule has 1 aliphatic carbocycles. The number of aliphatic hydroxyl groups excluding tert-OH is 1. The summed E-state index contributed by atoms with van der Waals surface area (Å²) in [4.78, 5) is 0. The summed E-state index contributed by atoms with van der Waals surface area (Å²) in [7, 11) is 0. The Kier molecular flexibility index (Phi) is 5.22. The van der Waals surface area contributed by atoms with Gasteiger partial charge in [-0.25, -0.2) is 0 Å². The van der Waals surface area contributed by atoms with E-state index in [-0.39, 0.29) is 11.5 Å². The van der Waals surface area contributed by atoms with Gasteiger partial charge in [0.15, 0.2) is 0 Å². The van der Waals surface area contributed by atoms with Gasteiger partial charge in [-0.2, -0.15) is 0 Å². The van der Waals surface area contributed by atoms with Crippen molar-refractivity contribution >= 4 is 0 Å². The van der Waals surface area contributed by atoms with Crippen LogP contribution in [0.25, 0.3) is 0 Å². The maximum Gasteiger partial charge on any atom is 0.0664 e. The fourth-order valence-electron chi connectivity index (χ4n) is 2.43. The van der Waals surface area contributed by atoms with E-state index in [4.69, 9.17) is 4.74 Å². The Labute approximate surface area is 99.6 Å². The quantitative estimate of drug-likeness (QED) is 0.701. The monoisotopic (exact) mass is 229 g/mol. The minimum absolute atomic E-state index is 0.196. The standard InChI is InChI=1S/C13H27NO2/c1-5-7-10(15)9-14-11-8-12(16-6-2)13(11,3)4/h10-12,14-15H,5-9H2,1-4H3. The third kappa shape index (κ3) is 3.19. The van der Waals surface area contributed by atoms with Crippen molar-refractivity contribution in [2.24, 2.45) is 5.41 Å². The number of hydrogen-bond donors (Lipinski definition) is 2. The van der Waals surface area contributed by atoms with E-state index in [1.54, 1.807) is 0 Å². The van der Waals surface area contributed by atoms with Gasteiger partial charge in [0.1, 0.15) is 0 Å². The summed E-state index contributed by atoms with van der Waals surface area (Å²) >= 11 is 0. The van der Waals surface area contributed by atoms with E-state index in [0.717, 1.165) is 25.9 Å². The van der Waals surface area contributed by atoms with Crippen LogP contribution in [0.4, 0.5) is 0 Å². The van der Waals surface area contributed by atoms with Crippen LogP contribution in [-0.4, -0.2) is 36.5 Å². The Morgan fingerprint density at radius 2 is 2.12 bits per heavy atom. The average Bonchev–Trinajstić information content (AvgIpc) is 2.22. The summed E-state index contributed by atoms with van der Waals surface area (Å²) in [5.41, 5.74) is 0.196. The first-order valence-corrected chi connectivity index (χ1v) is 6.55. The molecule has 3 atom stereocenters. The fourth-order valence-corrected chi connectivity index (χ4v) is 2.43. The van der Waals surface area contributed by atoms with Crippen molar-refractivity contribution in [3.63, 3.8) is 0 Å². The van der Waals surface area contributed by atoms with Gasteiger partial charge < -0.3 is 15.2 Å². The normalized spacial score (nSPS) is 29.8. The summed E-state index contributed by atoms with van der Waals surface area (Å²) in [6, 6.07) is 0.482. The van der Waals surface area contributed by atoms with Crippen LogP contribution in [-0.2, 0) is 4.74 Å². The smallest absolute Gasteiger partial charge is 0.0664 e. The van der Waals surface area contributed by atoms with Crippen LogP contribution < -0.4 is 5.32 Å². The molecule has 0 aromatic heterocycles. The molecule has 0 aliphatic heterocycles. The molecular formula is C13H27NO2. The molecule has 3 heteroatoms. The average molecular weight is 229 g/mol. The fraction of sp³-hybridized carbons (Fsp3) is 1.00. The van der Waals surface area contributed by atoms with E-state index in [9.17, 15) is 5.11 Å². The zero-order valence-electron chi connectivity index (χ0n) is 11.1. The highest BCUT2D eigenvalue weighted by Gasteiger charge is 2.48. The molecule has 0 heterocycles. The maximum atomic E-state index is 9.66. The zero-order chi connectivity index (χ0) is 12.2. The third-order valence-corrected chi connectivity index (χ3v) is 3.77. The summed E-state index contributed by atoms with van der Waals surface area (Å²) in [5.74, 6) is 0. The van der Waals surface area contributed by atoms with Crippen molar-refractivity contribution in [2.75, 3.05) is 13.2 Å². The predicted octanol–water partition coefficient (Wildman–Crippen LogP) is 1.94. The molecule has 0 spiro atoms. The van der Waals surface area contributed by atoms with Crippen molar-refractivity contribution in [1.82, 2.24) is 5.32 Å². The molecule has 1 aliphatic rings. The molecule has 0 aromatic carbocycles. The van der Waals surface area contributed by atoms with Crippen LogP contribution in [0, 0.1) is 5.41 Å². The van der Waals surface area contributed by atoms with Crippen LogP contribution in [0.3, 0.4) is 0 Å². The van der Waals surface area contributed by atoms with Crippen LogP contribution in [0.2, 0.25) is 0 Å². The van der Waals surface area contributed by atoms with Crippen LogP contribution >= 0.6 is 0 Å². The molecule has 1 rings (SSSR count). The molecule has 0 radical (unpaired) electrons. The molecule has 1 fully saturated rings. The molecule has 96 valence electrons. The Morgan fingerprint density at radius 3 is 2.62 bits per heavy atom. The lowest BCUT2D eigenvalue weighted by Gasteiger charge is -2.52. The molecule has 2 N–H and O–H groups in total. The molecule has 1 saturated carbocycles. The molecule has 16 heavy (non-hydrogen) atoms. The molecule has 3 nitrogen and oxygen atoms in total. The summed E-state index contributed by atoms with van der Waals surface area (Å²) in [5, 5.41) is 13.1. The minimum atomic E-state index is -0.202. The lowest BCUT2D eigenvalue weighted by atomic mass is 9.64. The molecule has 0 saturated heterocycles. The highest BCUT2D eigenvalue weighted by Crippen LogP contribution is 2.42. The zero-order valence-corrected chi connectivity index (χ0v) is 11.1. The highest BCUT2D eigenvalue weighted by molar-refractivity contribution is 5.02. The van der Waals surface area contributed by atoms with E-state index < -0.39 is 0 Å². The topological polar surface area (TPSA) is 41.5 Å². The Morgan fingerprint density at radius 1 is 1.44 bits per heavy atom. The molecule has 0 bridgehead atoms. The van der Waals surface area contributed by atoms with Gasteiger partial charge >= 0.3 is 0 Å². The van der Waals surface area contributed by atoms with E-state index in [0.29, 0.717) is 18.7 Å². The number of aliphatic hydroxyl groups is 1. The van der Waals surface area contributed by atoms with E-state index in [1.165, 1.54) is 0 Å². The van der Waals surface area contributed by atoms with Gasteiger partial charge in [-0.15, -0.1) is 0 Å². The summed E-state index contributed by atoms with van der Waals surface area (Å²) < 4.78 is 5.68. The van der Waals surface area contributed by atoms with Gasteiger partial charge in [-0.3, -0.25) is 0 Å². The van der Waals surface area contributed by atoms with Gasteiger partial charge in [0.25, 0.3) is 0 Å². The van der Waals surface area contributed by atoms with E-state index >= 15 is 0 Å². The van der Waals surface area contributed by atoms with Gasteiger partial charge in [-0.05, 0) is 19.8 Å². The molecular weight excluding hydrogens is 202 g/mol. The van der Waals surface area contributed by atoms with Crippen LogP contribution in [0.1, 0.15) is 47.0 Å². The molecule has 0 amide bonds. The van der Waals surface area contributed by atoms with Gasteiger partial charge in [-0.1, -0.05) is 27.2 Å². The van der Waals surface area contributed by atoms with Gasteiger partial charge in [0.2, 0.25) is 0 Å². The second-order valence-corrected chi connectivity index (χ2v) is 5.40. The first-order chi connectivity index (χ1) is 7.52. The number of rotatable bonds is 7. The van der Waals surface area contributed by atoms with Crippen molar-refractivity contribution in [3.05, 3.63) is 0 Å². The second kappa shape index (κ2) is 5.99. The first-order valence-electron chi connectivity index (χ1n) is 6.55. The lowest BCUT2D eigenvalue weighted by Crippen LogP contribution is -2.61. The van der Waals surface area contributed by atoms with Crippen LogP contribution in [0.5, 0.6) is 0 Å². The summed E-state index contributed by atoms with van der Waals surface area (Å²) in [6.07, 6.45) is 3.16. The Bertz CT molecular complexity index is 206. The SMILES string of the molecule is CCCC(O)CNC1CC(OCC)C1(C)C. The highest BCUT2D eigenvalue weighted by atomic mass is 16.5. The van der Waals surface area contributed by atoms with Crippen molar-refractivity contribution in [1.29, 1.82) is 0 Å². The number of hydrogen-bond acceptors (Lipinski definition) is 3. The summed E-state index contributed by atoms with van der Waals surface area (Å²) in [6.45, 7) is 10.1. The lowest BCUT2D eigenvalue weighted by molar-refractivity contribution is -0.115. The second-order valence-electron chi connectivity index (χ2n) is 5.40. The largest absolute Gasteiger partial charge is 0.392 e. The first kappa shape index (κ1) is 13.9. The van der Waals surface area contributed by atoms with Crippen molar-refractivity contribution in [3.8, 4) is 0 Å². The van der Waals surface area contributed by atoms with Crippen molar-refractivity contribution in [2.45, 2.75) is 65.2 Å².